The summed E-state index contributed by atoms with van der Waals surface area (Å²) >= 11 is 0. The van der Waals surface area contributed by atoms with Gasteiger partial charge in [0.25, 0.3) is 0 Å². The van der Waals surface area contributed by atoms with Crippen LogP contribution in [-0.2, 0) is 7.05 Å². The molecule has 2 N–H and O–H groups in total. The van der Waals surface area contributed by atoms with E-state index in [1.807, 2.05) is 0 Å². The van der Waals surface area contributed by atoms with Gasteiger partial charge in [-0.15, -0.1) is 10.2 Å². The second-order valence-corrected chi connectivity index (χ2v) is 8.61. The van der Waals surface area contributed by atoms with Crippen molar-refractivity contribution < 1.29 is 13.9 Å². The summed E-state index contributed by atoms with van der Waals surface area (Å²) < 4.78 is 30.2. The molecule has 0 saturated carbocycles. The summed E-state index contributed by atoms with van der Waals surface area (Å²) in [6.07, 6.45) is 4.03. The van der Waals surface area contributed by atoms with E-state index in [-0.39, 0.29) is 40.5 Å². The lowest BCUT2D eigenvalue weighted by Gasteiger charge is -2.38. The summed E-state index contributed by atoms with van der Waals surface area (Å²) in [6.45, 7) is 0. The highest BCUT2D eigenvalue weighted by Crippen LogP contribution is 2.34. The molecule has 2 aromatic heterocycles. The fourth-order valence-electron chi connectivity index (χ4n) is 4.66. The number of nitrogens with zero attached hydrogens (tertiary/aromatic N) is 6. The van der Waals surface area contributed by atoms with Crippen LogP contribution in [0.15, 0.2) is 35.4 Å². The van der Waals surface area contributed by atoms with Gasteiger partial charge < -0.3 is 15.3 Å². The Morgan fingerprint density at radius 3 is 2.82 bits per heavy atom. The minimum absolute atomic E-state index is 0.129. The molecule has 9 nitrogen and oxygen atoms in total. The predicted molar refractivity (Wildman–Crippen MR) is 117 cm³/mol. The number of aryl methyl sites for hydroxylation is 1. The summed E-state index contributed by atoms with van der Waals surface area (Å²) in [5, 5.41) is 22.1. The molecule has 11 heteroatoms. The van der Waals surface area contributed by atoms with E-state index in [9.17, 15) is 18.7 Å². The summed E-state index contributed by atoms with van der Waals surface area (Å²) in [4.78, 5) is 21.5. The largest absolute Gasteiger partial charge is 0.507 e. The van der Waals surface area contributed by atoms with Crippen LogP contribution in [0.2, 0.25) is 0 Å². The van der Waals surface area contributed by atoms with E-state index in [2.05, 4.69) is 25.5 Å². The van der Waals surface area contributed by atoms with Crippen LogP contribution in [0.3, 0.4) is 0 Å². The molecule has 172 valence electrons. The molecule has 2 bridgehead atoms. The number of fused-ring (bicyclic) bond motifs is 2. The number of piperidine rings is 1. The number of hydrogen-bond acceptors (Lipinski definition) is 8. The molecular weight excluding hydrogens is 432 g/mol. The Morgan fingerprint density at radius 2 is 2.09 bits per heavy atom. The average molecular weight is 455 g/mol. The fraction of sp³-hybridized carbons (Fsp3) is 0.409. The van der Waals surface area contributed by atoms with Gasteiger partial charge in [0, 0.05) is 37.9 Å². The maximum Gasteiger partial charge on any atom is 0.348 e. The molecule has 3 aromatic rings. The van der Waals surface area contributed by atoms with E-state index in [0.717, 1.165) is 23.6 Å². The van der Waals surface area contributed by atoms with Gasteiger partial charge in [-0.3, -0.25) is 4.57 Å². The molecule has 5 rings (SSSR count). The molecule has 2 aliphatic heterocycles. The SMILES string of the molecule is CN(c1cnc(-c2ccc(-c3nc(=O)n(C)cc3F)cc2O)nn1)[C@@H]1C[C@@H]2CC[C@@H](N2)[C@@H]1F. The zero-order valence-electron chi connectivity index (χ0n) is 18.1. The number of hydrogen-bond donors (Lipinski definition) is 2. The Labute approximate surface area is 188 Å². The number of halogens is 2. The van der Waals surface area contributed by atoms with Crippen LogP contribution in [-0.4, -0.2) is 61.2 Å². The van der Waals surface area contributed by atoms with E-state index in [1.54, 1.807) is 11.9 Å². The third-order valence-corrected chi connectivity index (χ3v) is 6.52. The molecule has 0 spiro atoms. The smallest absolute Gasteiger partial charge is 0.348 e. The Kier molecular flexibility index (Phi) is 5.28. The van der Waals surface area contributed by atoms with E-state index >= 15 is 0 Å². The number of benzene rings is 1. The number of nitrogens with one attached hydrogen (secondary N) is 1. The molecule has 0 aliphatic carbocycles. The minimum Gasteiger partial charge on any atom is -0.507 e. The molecule has 4 heterocycles. The highest BCUT2D eigenvalue weighted by Gasteiger charge is 2.43. The zero-order chi connectivity index (χ0) is 23.3. The predicted octanol–water partition coefficient (Wildman–Crippen LogP) is 1.81. The fourth-order valence-corrected chi connectivity index (χ4v) is 4.66. The summed E-state index contributed by atoms with van der Waals surface area (Å²) in [5.74, 6) is -0.297. The molecule has 0 radical (unpaired) electrons. The summed E-state index contributed by atoms with van der Waals surface area (Å²) in [7, 11) is 3.18. The number of rotatable bonds is 4. The summed E-state index contributed by atoms with van der Waals surface area (Å²) in [5.41, 5.74) is -0.245. The lowest BCUT2D eigenvalue weighted by molar-refractivity contribution is 0.176. The molecule has 2 saturated heterocycles. The van der Waals surface area contributed by atoms with E-state index in [4.69, 9.17) is 0 Å². The topological polar surface area (TPSA) is 109 Å². The maximum atomic E-state index is 14.9. The van der Waals surface area contributed by atoms with Crippen LogP contribution in [0, 0.1) is 5.82 Å². The molecular formula is C22H23F2N7O2. The second-order valence-electron chi connectivity index (χ2n) is 8.61. The van der Waals surface area contributed by atoms with Gasteiger partial charge >= 0.3 is 5.69 Å². The number of alkyl halides is 1. The van der Waals surface area contributed by atoms with Gasteiger partial charge in [0.1, 0.15) is 17.6 Å². The van der Waals surface area contributed by atoms with Gasteiger partial charge in [-0.1, -0.05) is 6.07 Å². The van der Waals surface area contributed by atoms with Crippen LogP contribution in [0.1, 0.15) is 19.3 Å². The first-order valence-corrected chi connectivity index (χ1v) is 10.7. The van der Waals surface area contributed by atoms with Crippen molar-refractivity contribution in [3.8, 4) is 28.4 Å². The second kappa shape index (κ2) is 8.14. The lowest BCUT2D eigenvalue weighted by Crippen LogP contribution is -2.55. The Bertz CT molecular complexity index is 1250. The van der Waals surface area contributed by atoms with Crippen LogP contribution in [0.5, 0.6) is 5.75 Å². The highest BCUT2D eigenvalue weighted by molar-refractivity contribution is 5.71. The monoisotopic (exact) mass is 455 g/mol. The van der Waals surface area contributed by atoms with Gasteiger partial charge in [-0.2, -0.15) is 4.98 Å². The van der Waals surface area contributed by atoms with Crippen molar-refractivity contribution in [1.29, 1.82) is 0 Å². The first-order valence-electron chi connectivity index (χ1n) is 10.7. The van der Waals surface area contributed by atoms with Crippen LogP contribution in [0.25, 0.3) is 22.6 Å². The molecule has 2 fully saturated rings. The Morgan fingerprint density at radius 1 is 1.27 bits per heavy atom. The van der Waals surface area contributed by atoms with Crippen LogP contribution in [0.4, 0.5) is 14.6 Å². The zero-order valence-corrected chi connectivity index (χ0v) is 18.1. The van der Waals surface area contributed by atoms with Crippen molar-refractivity contribution in [2.45, 2.75) is 43.6 Å². The van der Waals surface area contributed by atoms with Gasteiger partial charge in [0.2, 0.25) is 0 Å². The number of anilines is 1. The molecule has 4 atom stereocenters. The van der Waals surface area contributed by atoms with Gasteiger partial charge in [0.15, 0.2) is 17.5 Å². The lowest BCUT2D eigenvalue weighted by atomic mass is 9.96. The Hall–Kier alpha value is -3.47. The number of phenolic OH excluding ortho intramolecular Hbond substituents is 1. The summed E-state index contributed by atoms with van der Waals surface area (Å²) in [6, 6.07) is 4.19. The molecule has 0 unspecified atom stereocenters. The van der Waals surface area contributed by atoms with E-state index < -0.39 is 17.7 Å². The van der Waals surface area contributed by atoms with Crippen LogP contribution >= 0.6 is 0 Å². The number of aromatic hydroxyl groups is 1. The Balaban J connectivity index is 1.38. The first-order chi connectivity index (χ1) is 15.8. The quantitative estimate of drug-likeness (QED) is 0.613. The normalized spacial score (nSPS) is 24.1. The molecule has 0 amide bonds. The highest BCUT2D eigenvalue weighted by atomic mass is 19.1. The van der Waals surface area contributed by atoms with Crippen molar-refractivity contribution in [3.05, 3.63) is 46.9 Å². The molecule has 33 heavy (non-hydrogen) atoms. The maximum absolute atomic E-state index is 14.9. The van der Waals surface area contributed by atoms with Crippen molar-refractivity contribution in [1.82, 2.24) is 30.0 Å². The van der Waals surface area contributed by atoms with Gasteiger partial charge in [-0.05, 0) is 31.4 Å². The van der Waals surface area contributed by atoms with Crippen LogP contribution < -0.4 is 15.9 Å². The molecule has 1 aromatic carbocycles. The first kappa shape index (κ1) is 21.4. The number of phenols is 1. The van der Waals surface area contributed by atoms with Gasteiger partial charge in [-0.25, -0.2) is 18.6 Å². The van der Waals surface area contributed by atoms with E-state index in [1.165, 1.54) is 31.4 Å². The average Bonchev–Trinajstić information content (AvgIpc) is 3.22. The van der Waals surface area contributed by atoms with Crippen molar-refractivity contribution in [2.75, 3.05) is 11.9 Å². The standard InChI is InChI=1S/C22H23F2N7O2/c1-30-10-14(23)20(27-22(30)33)11-3-5-13(17(32)7-11)21-25-9-18(28-29-21)31(2)16-8-12-4-6-15(26-12)19(16)24/h3,5,7,9-10,12,15-16,19,26,32H,4,6,8H2,1-2H3/t12-,15+,16+,19-/m0/s1. The molecule has 2 aliphatic rings. The minimum atomic E-state index is -1.00. The van der Waals surface area contributed by atoms with Gasteiger partial charge in [0.05, 0.1) is 17.8 Å². The number of aromatic nitrogens is 5. The van der Waals surface area contributed by atoms with Crippen molar-refractivity contribution in [3.63, 3.8) is 0 Å². The third-order valence-electron chi connectivity index (χ3n) is 6.52. The van der Waals surface area contributed by atoms with Crippen molar-refractivity contribution in [2.24, 2.45) is 7.05 Å². The van der Waals surface area contributed by atoms with Crippen molar-refractivity contribution >= 4 is 5.82 Å². The van der Waals surface area contributed by atoms with E-state index in [0.29, 0.717) is 18.3 Å². The third kappa shape index (κ3) is 3.82.